The summed E-state index contributed by atoms with van der Waals surface area (Å²) in [7, 11) is 0. The molecule has 2 nitrogen and oxygen atoms in total. The van der Waals surface area contributed by atoms with Crippen molar-refractivity contribution in [3.63, 3.8) is 0 Å². The molecule has 0 aliphatic carbocycles. The minimum atomic E-state index is 0.544. The fourth-order valence-electron chi connectivity index (χ4n) is 1.76. The average molecular weight is 186 g/mol. The van der Waals surface area contributed by atoms with Crippen molar-refractivity contribution in [2.75, 3.05) is 0 Å². The van der Waals surface area contributed by atoms with Crippen molar-refractivity contribution in [3.05, 3.63) is 35.2 Å². The summed E-state index contributed by atoms with van der Waals surface area (Å²) >= 11 is 0. The van der Waals surface area contributed by atoms with E-state index in [9.17, 15) is 0 Å². The second-order valence-electron chi connectivity index (χ2n) is 3.85. The largest absolute Gasteiger partial charge is 0.232 e. The Balaban J connectivity index is 2.62. The first-order valence-electron chi connectivity index (χ1n) is 4.88. The maximum atomic E-state index is 4.20. The molecule has 0 saturated heterocycles. The Morgan fingerprint density at radius 1 is 1.43 bits per heavy atom. The Morgan fingerprint density at radius 3 is 2.93 bits per heavy atom. The highest BCUT2D eigenvalue weighted by Crippen LogP contribution is 2.25. The van der Waals surface area contributed by atoms with Gasteiger partial charge in [-0.05, 0) is 30.0 Å². The van der Waals surface area contributed by atoms with Crippen molar-refractivity contribution in [3.8, 4) is 0 Å². The van der Waals surface area contributed by atoms with Crippen LogP contribution < -0.4 is 0 Å². The van der Waals surface area contributed by atoms with Gasteiger partial charge in [0.05, 0.1) is 5.69 Å². The van der Waals surface area contributed by atoms with Crippen LogP contribution in [0.15, 0.2) is 23.5 Å². The van der Waals surface area contributed by atoms with Gasteiger partial charge in [0.1, 0.15) is 0 Å². The number of hydrogen-bond donors (Lipinski definition) is 0. The molecule has 0 radical (unpaired) electrons. The van der Waals surface area contributed by atoms with E-state index in [4.69, 9.17) is 0 Å². The Bertz CT molecular complexity index is 441. The third-order valence-electron chi connectivity index (χ3n) is 2.54. The van der Waals surface area contributed by atoms with Crippen LogP contribution in [-0.4, -0.2) is 10.5 Å². The SMILES string of the molecule is Cc1c(C(C)C)cn2c1C=CC=C=N2. The third kappa shape index (κ3) is 1.34. The van der Waals surface area contributed by atoms with Crippen LogP contribution in [0.5, 0.6) is 0 Å². The molecule has 0 N–H and O–H groups in total. The van der Waals surface area contributed by atoms with Crippen molar-refractivity contribution < 1.29 is 0 Å². The monoisotopic (exact) mass is 186 g/mol. The van der Waals surface area contributed by atoms with Crippen LogP contribution >= 0.6 is 0 Å². The average Bonchev–Trinajstić information content (AvgIpc) is 2.37. The van der Waals surface area contributed by atoms with Crippen LogP contribution in [0.1, 0.15) is 36.6 Å². The van der Waals surface area contributed by atoms with E-state index in [1.807, 2.05) is 16.8 Å². The second-order valence-corrected chi connectivity index (χ2v) is 3.85. The maximum Gasteiger partial charge on any atom is 0.0685 e. The lowest BCUT2D eigenvalue weighted by molar-refractivity contribution is 0.837. The van der Waals surface area contributed by atoms with Gasteiger partial charge in [0.2, 0.25) is 0 Å². The van der Waals surface area contributed by atoms with Crippen molar-refractivity contribution in [2.24, 2.45) is 5.10 Å². The number of nitrogens with zero attached hydrogens (tertiary/aromatic N) is 2. The zero-order valence-corrected chi connectivity index (χ0v) is 8.78. The molecule has 72 valence electrons. The lowest BCUT2D eigenvalue weighted by Gasteiger charge is -2.02. The van der Waals surface area contributed by atoms with E-state index < -0.39 is 0 Å². The first kappa shape index (κ1) is 9.04. The van der Waals surface area contributed by atoms with Crippen molar-refractivity contribution in [1.82, 2.24) is 4.68 Å². The molecule has 2 heteroatoms. The predicted molar refractivity (Wildman–Crippen MR) is 59.7 cm³/mol. The van der Waals surface area contributed by atoms with Gasteiger partial charge in [-0.2, -0.15) is 0 Å². The van der Waals surface area contributed by atoms with Crippen LogP contribution in [0.3, 0.4) is 0 Å². The van der Waals surface area contributed by atoms with Crippen LogP contribution in [0, 0.1) is 6.92 Å². The highest BCUT2D eigenvalue weighted by molar-refractivity contribution is 5.64. The second kappa shape index (κ2) is 3.32. The topological polar surface area (TPSA) is 17.3 Å². The van der Waals surface area contributed by atoms with Gasteiger partial charge in [0.25, 0.3) is 0 Å². The van der Waals surface area contributed by atoms with Crippen LogP contribution in [-0.2, 0) is 0 Å². The zero-order valence-electron chi connectivity index (χ0n) is 8.78. The molecule has 14 heavy (non-hydrogen) atoms. The number of allylic oxidation sites excluding steroid dienone is 2. The zero-order chi connectivity index (χ0) is 10.1. The molecule has 0 unspecified atom stereocenters. The maximum absolute atomic E-state index is 4.20. The van der Waals surface area contributed by atoms with E-state index in [1.165, 1.54) is 11.1 Å². The van der Waals surface area contributed by atoms with Gasteiger partial charge < -0.3 is 0 Å². The van der Waals surface area contributed by atoms with Gasteiger partial charge in [-0.15, -0.1) is 5.10 Å². The Hall–Kier alpha value is -1.53. The summed E-state index contributed by atoms with van der Waals surface area (Å²) in [6.45, 7) is 6.54. The van der Waals surface area contributed by atoms with E-state index in [0.717, 1.165) is 5.69 Å². The fraction of sp³-hybridized carbons (Fsp3) is 0.333. The van der Waals surface area contributed by atoms with E-state index in [0.29, 0.717) is 5.92 Å². The van der Waals surface area contributed by atoms with E-state index in [-0.39, 0.29) is 0 Å². The molecule has 2 heterocycles. The Labute approximate surface area is 84.3 Å². The highest BCUT2D eigenvalue weighted by atomic mass is 15.3. The predicted octanol–water partition coefficient (Wildman–Crippen LogP) is 2.94. The van der Waals surface area contributed by atoms with Crippen LogP contribution in [0.25, 0.3) is 6.08 Å². The number of hydrogen-bond acceptors (Lipinski definition) is 1. The number of aromatic nitrogens is 1. The van der Waals surface area contributed by atoms with Gasteiger partial charge in [-0.1, -0.05) is 19.9 Å². The third-order valence-corrected chi connectivity index (χ3v) is 2.54. The number of rotatable bonds is 1. The molecule has 1 aliphatic heterocycles. The van der Waals surface area contributed by atoms with Crippen LogP contribution in [0.2, 0.25) is 0 Å². The summed E-state index contributed by atoms with van der Waals surface area (Å²) in [6, 6.07) is 0. The molecule has 0 bridgehead atoms. The summed E-state index contributed by atoms with van der Waals surface area (Å²) < 4.78 is 1.89. The van der Waals surface area contributed by atoms with Crippen molar-refractivity contribution in [1.29, 1.82) is 0 Å². The molecule has 0 saturated carbocycles. The summed E-state index contributed by atoms with van der Waals surface area (Å²) in [5, 5.41) is 4.20. The number of fused-ring (bicyclic) bond motifs is 1. The molecular weight excluding hydrogens is 172 g/mol. The fourth-order valence-corrected chi connectivity index (χ4v) is 1.76. The lowest BCUT2D eigenvalue weighted by atomic mass is 10.0. The Kier molecular flexibility index (Phi) is 2.14. The molecule has 0 atom stereocenters. The van der Waals surface area contributed by atoms with Crippen LogP contribution in [0.4, 0.5) is 0 Å². The minimum Gasteiger partial charge on any atom is -0.232 e. The smallest absolute Gasteiger partial charge is 0.0685 e. The van der Waals surface area contributed by atoms with Crippen molar-refractivity contribution in [2.45, 2.75) is 26.7 Å². The first-order chi connectivity index (χ1) is 6.70. The highest BCUT2D eigenvalue weighted by Gasteiger charge is 2.12. The minimum absolute atomic E-state index is 0.544. The molecule has 0 aromatic carbocycles. The van der Waals surface area contributed by atoms with E-state index in [2.05, 4.69) is 44.0 Å². The molecule has 0 fully saturated rings. The normalized spacial score (nSPS) is 13.4. The molecule has 2 rings (SSSR count). The summed E-state index contributed by atoms with van der Waals surface area (Å²) in [5.41, 5.74) is 3.84. The summed E-state index contributed by atoms with van der Waals surface area (Å²) in [4.78, 5) is 0. The summed E-state index contributed by atoms with van der Waals surface area (Å²) in [6.07, 6.45) is 7.96. The van der Waals surface area contributed by atoms with E-state index >= 15 is 0 Å². The van der Waals surface area contributed by atoms with Gasteiger partial charge in [-0.3, -0.25) is 0 Å². The van der Waals surface area contributed by atoms with Gasteiger partial charge in [0, 0.05) is 18.1 Å². The molecular formula is C12H14N2. The van der Waals surface area contributed by atoms with Crippen molar-refractivity contribution >= 4 is 11.9 Å². The molecule has 1 aromatic rings. The lowest BCUT2D eigenvalue weighted by Crippen LogP contribution is -1.87. The Morgan fingerprint density at radius 2 is 2.21 bits per heavy atom. The standard InChI is InChI=1S/C12H14N2/c1-9(2)11-8-14-12(10(11)3)6-4-5-7-13-14/h4-6,8-9H,1-3H3. The van der Waals surface area contributed by atoms with Gasteiger partial charge in [0.15, 0.2) is 0 Å². The first-order valence-corrected chi connectivity index (χ1v) is 4.88. The molecule has 0 spiro atoms. The quantitative estimate of drug-likeness (QED) is 0.641. The van der Waals surface area contributed by atoms with Gasteiger partial charge >= 0.3 is 0 Å². The molecule has 0 amide bonds. The van der Waals surface area contributed by atoms with E-state index in [1.54, 1.807) is 0 Å². The summed E-state index contributed by atoms with van der Waals surface area (Å²) in [5.74, 6) is 3.40. The molecule has 1 aromatic heterocycles. The van der Waals surface area contributed by atoms with Gasteiger partial charge in [-0.25, -0.2) is 4.68 Å². The molecule has 1 aliphatic rings.